The van der Waals surface area contributed by atoms with Crippen LogP contribution in [0, 0.1) is 10.1 Å². The minimum atomic E-state index is -1.23. The van der Waals surface area contributed by atoms with Crippen LogP contribution in [0.1, 0.15) is 54.7 Å². The third-order valence-electron chi connectivity index (χ3n) is 6.25. The number of nitrogens with zero attached hydrogens (tertiary/aromatic N) is 2. The van der Waals surface area contributed by atoms with Crippen molar-refractivity contribution in [2.45, 2.75) is 19.4 Å². The van der Waals surface area contributed by atoms with Gasteiger partial charge in [0.25, 0.3) is 11.6 Å². The number of nitro groups is 1. The molecule has 1 unspecified atom stereocenters. The topological polar surface area (TPSA) is 124 Å². The molecule has 3 aromatic rings. The largest absolute Gasteiger partial charge is 0.449 e. The Bertz CT molecular complexity index is 1460. The van der Waals surface area contributed by atoms with E-state index in [1.165, 1.54) is 30.0 Å². The number of ketones is 2. The Morgan fingerprint density at radius 3 is 2.31 bits per heavy atom. The summed E-state index contributed by atoms with van der Waals surface area (Å²) < 4.78 is 5.31. The zero-order chi connectivity index (χ0) is 24.9. The molecule has 174 valence electrons. The second-order valence-corrected chi connectivity index (χ2v) is 8.26. The van der Waals surface area contributed by atoms with Crippen LogP contribution < -0.4 is 4.90 Å². The Morgan fingerprint density at radius 2 is 1.60 bits per heavy atom. The van der Waals surface area contributed by atoms with Crippen molar-refractivity contribution in [3.63, 3.8) is 0 Å². The van der Waals surface area contributed by atoms with Crippen LogP contribution in [0.5, 0.6) is 0 Å². The van der Waals surface area contributed by atoms with Gasteiger partial charge in [-0.2, -0.15) is 0 Å². The van der Waals surface area contributed by atoms with E-state index in [9.17, 15) is 29.3 Å². The number of hydrogen-bond donors (Lipinski definition) is 0. The number of carbonyl (C=O) groups is 4. The lowest BCUT2D eigenvalue weighted by Crippen LogP contribution is -2.39. The zero-order valence-corrected chi connectivity index (χ0v) is 18.5. The molecule has 1 heterocycles. The molecule has 0 saturated heterocycles. The Kier molecular flexibility index (Phi) is 5.24. The van der Waals surface area contributed by atoms with Gasteiger partial charge < -0.3 is 9.64 Å². The number of nitro benzene ring substituents is 1. The highest BCUT2D eigenvalue weighted by molar-refractivity contribution is 6.30. The van der Waals surface area contributed by atoms with Crippen molar-refractivity contribution in [3.05, 3.63) is 104 Å². The van der Waals surface area contributed by atoms with Crippen LogP contribution in [0.4, 0.5) is 11.4 Å². The average molecular weight is 470 g/mol. The van der Waals surface area contributed by atoms with E-state index in [4.69, 9.17) is 4.74 Å². The number of carbonyl (C=O) groups excluding carboxylic acids is 4. The predicted molar refractivity (Wildman–Crippen MR) is 124 cm³/mol. The molecule has 1 aliphatic carbocycles. The standard InChI is InChI=1S/C26H18N2O7/c1-14(25(31)27-13-12-15-6-2-5-9-20(15)27)35-26(32)19-11-10-18-21(22(19)28(33)34)24(30)17-8-4-3-7-16(17)23(18)29/h2-11,14H,12-13H2,1H3. The van der Waals surface area contributed by atoms with Gasteiger partial charge in [0.1, 0.15) is 11.1 Å². The molecule has 1 aliphatic heterocycles. The molecule has 0 aromatic heterocycles. The lowest BCUT2D eigenvalue weighted by molar-refractivity contribution is -0.385. The molecule has 0 saturated carbocycles. The van der Waals surface area contributed by atoms with Crippen molar-refractivity contribution < 1.29 is 28.8 Å². The fourth-order valence-electron chi connectivity index (χ4n) is 4.58. The number of hydrogen-bond acceptors (Lipinski definition) is 7. The van der Waals surface area contributed by atoms with E-state index in [-0.39, 0.29) is 16.7 Å². The molecule has 0 radical (unpaired) electrons. The highest BCUT2D eigenvalue weighted by Crippen LogP contribution is 2.36. The van der Waals surface area contributed by atoms with Gasteiger partial charge in [0.2, 0.25) is 5.78 Å². The Morgan fingerprint density at radius 1 is 0.943 bits per heavy atom. The summed E-state index contributed by atoms with van der Waals surface area (Å²) in [6, 6.07) is 15.7. The number of benzene rings is 3. The first-order chi connectivity index (χ1) is 16.8. The SMILES string of the molecule is CC(OC(=O)c1ccc2c(c1[N+](=O)[O-])C(=O)c1ccccc1C2=O)C(=O)N1CCc2ccccc21. The average Bonchev–Trinajstić information content (AvgIpc) is 3.30. The lowest BCUT2D eigenvalue weighted by Gasteiger charge is -2.22. The van der Waals surface area contributed by atoms with Gasteiger partial charge in [0, 0.05) is 28.9 Å². The minimum absolute atomic E-state index is 0.0230. The first-order valence-corrected chi connectivity index (χ1v) is 10.9. The molecule has 0 N–H and O–H groups in total. The quantitative estimate of drug-likeness (QED) is 0.254. The number of amides is 1. The van der Waals surface area contributed by atoms with Crippen molar-refractivity contribution in [1.29, 1.82) is 0 Å². The van der Waals surface area contributed by atoms with Gasteiger partial charge >= 0.3 is 5.97 Å². The molecular formula is C26H18N2O7. The number of rotatable bonds is 4. The number of anilines is 1. The summed E-state index contributed by atoms with van der Waals surface area (Å²) in [6.45, 7) is 1.81. The van der Waals surface area contributed by atoms with E-state index in [1.54, 1.807) is 24.3 Å². The smallest absolute Gasteiger partial charge is 0.345 e. The van der Waals surface area contributed by atoms with Crippen molar-refractivity contribution >= 4 is 34.8 Å². The molecule has 3 aromatic carbocycles. The summed E-state index contributed by atoms with van der Waals surface area (Å²) >= 11 is 0. The molecule has 1 amide bonds. The first kappa shape index (κ1) is 22.1. The highest BCUT2D eigenvalue weighted by atomic mass is 16.6. The van der Waals surface area contributed by atoms with Gasteiger partial charge in [-0.15, -0.1) is 0 Å². The van der Waals surface area contributed by atoms with Crippen LogP contribution in [0.25, 0.3) is 0 Å². The molecule has 0 spiro atoms. The number of esters is 1. The fraction of sp³-hybridized carbons (Fsp3) is 0.154. The highest BCUT2D eigenvalue weighted by Gasteiger charge is 2.40. The van der Waals surface area contributed by atoms with Gasteiger partial charge in [-0.25, -0.2) is 4.79 Å². The lowest BCUT2D eigenvalue weighted by atomic mass is 9.82. The Hall–Kier alpha value is -4.66. The van der Waals surface area contributed by atoms with Crippen molar-refractivity contribution in [2.75, 3.05) is 11.4 Å². The Labute approximate surface area is 199 Å². The van der Waals surface area contributed by atoms with Gasteiger partial charge in [0.15, 0.2) is 11.9 Å². The third kappa shape index (κ3) is 3.48. The van der Waals surface area contributed by atoms with E-state index >= 15 is 0 Å². The summed E-state index contributed by atoms with van der Waals surface area (Å²) in [6.07, 6.45) is -0.571. The molecule has 1 atom stereocenters. The van der Waals surface area contributed by atoms with E-state index in [0.29, 0.717) is 13.0 Å². The summed E-state index contributed by atoms with van der Waals surface area (Å²) in [5, 5.41) is 12.0. The van der Waals surface area contributed by atoms with Gasteiger partial charge in [0.05, 0.1) is 4.92 Å². The minimum Gasteiger partial charge on any atom is -0.449 e. The van der Waals surface area contributed by atoms with Crippen LogP contribution in [0.15, 0.2) is 60.7 Å². The molecule has 2 aliphatic rings. The maximum absolute atomic E-state index is 13.1. The van der Waals surface area contributed by atoms with Crippen molar-refractivity contribution in [1.82, 2.24) is 0 Å². The molecule has 0 bridgehead atoms. The van der Waals surface area contributed by atoms with E-state index in [1.807, 2.05) is 12.1 Å². The maximum atomic E-state index is 13.1. The summed E-state index contributed by atoms with van der Waals surface area (Å²) in [5.74, 6) is -2.88. The molecule has 9 heteroatoms. The fourth-order valence-corrected chi connectivity index (χ4v) is 4.58. The van der Waals surface area contributed by atoms with Crippen LogP contribution in [0.2, 0.25) is 0 Å². The van der Waals surface area contributed by atoms with Crippen LogP contribution in [-0.2, 0) is 16.0 Å². The molecule has 5 rings (SSSR count). The van der Waals surface area contributed by atoms with E-state index in [2.05, 4.69) is 0 Å². The van der Waals surface area contributed by atoms with Crippen LogP contribution in [-0.4, -0.2) is 41.0 Å². The Balaban J connectivity index is 1.47. The van der Waals surface area contributed by atoms with Gasteiger partial charge in [-0.1, -0.05) is 42.5 Å². The summed E-state index contributed by atoms with van der Waals surface area (Å²) in [4.78, 5) is 64.6. The van der Waals surface area contributed by atoms with E-state index < -0.39 is 51.3 Å². The molecule has 9 nitrogen and oxygen atoms in total. The van der Waals surface area contributed by atoms with Crippen molar-refractivity contribution in [2.24, 2.45) is 0 Å². The van der Waals surface area contributed by atoms with Crippen LogP contribution >= 0.6 is 0 Å². The predicted octanol–water partition coefficient (Wildman–Crippen LogP) is 3.50. The normalized spacial score (nSPS) is 14.6. The van der Waals surface area contributed by atoms with Gasteiger partial charge in [-0.05, 0) is 37.1 Å². The van der Waals surface area contributed by atoms with Crippen LogP contribution in [0.3, 0.4) is 0 Å². The number of fused-ring (bicyclic) bond motifs is 3. The first-order valence-electron chi connectivity index (χ1n) is 10.9. The van der Waals surface area contributed by atoms with E-state index in [0.717, 1.165) is 17.3 Å². The molecule has 0 fully saturated rings. The zero-order valence-electron chi connectivity index (χ0n) is 18.5. The van der Waals surface area contributed by atoms with Crippen molar-refractivity contribution in [3.8, 4) is 0 Å². The second kappa shape index (κ2) is 8.28. The number of para-hydroxylation sites is 1. The summed E-state index contributed by atoms with van der Waals surface area (Å²) in [7, 11) is 0. The summed E-state index contributed by atoms with van der Waals surface area (Å²) in [5.41, 5.74) is -0.0525. The third-order valence-corrected chi connectivity index (χ3v) is 6.25. The molecular weight excluding hydrogens is 452 g/mol. The van der Waals surface area contributed by atoms with Gasteiger partial charge in [-0.3, -0.25) is 24.5 Å². The second-order valence-electron chi connectivity index (χ2n) is 8.26. The number of ether oxygens (including phenoxy) is 1. The monoisotopic (exact) mass is 470 g/mol. The molecule has 35 heavy (non-hydrogen) atoms. The maximum Gasteiger partial charge on any atom is 0.345 e.